The van der Waals surface area contributed by atoms with E-state index in [0.717, 1.165) is 19.0 Å². The number of halogens is 1. The summed E-state index contributed by atoms with van der Waals surface area (Å²) in [7, 11) is 2.01. The number of likely N-dealkylation sites (N-methyl/N-ethyl adjacent to an activating group) is 1. The molecule has 1 aliphatic heterocycles. The van der Waals surface area contributed by atoms with Gasteiger partial charge >= 0.3 is 0 Å². The van der Waals surface area contributed by atoms with E-state index in [2.05, 4.69) is 10.2 Å². The molecule has 2 aromatic carbocycles. The topological polar surface area (TPSA) is 102 Å². The molecule has 1 aliphatic carbocycles. The third-order valence-corrected chi connectivity index (χ3v) is 5.85. The van der Waals surface area contributed by atoms with Gasteiger partial charge in [0, 0.05) is 38.3 Å². The number of benzene rings is 2. The summed E-state index contributed by atoms with van der Waals surface area (Å²) in [6, 6.07) is 14.3. The van der Waals surface area contributed by atoms with E-state index in [-0.39, 0.29) is 24.2 Å². The molecule has 1 unspecified atom stereocenters. The Balaban J connectivity index is 0.000000252. The van der Waals surface area contributed by atoms with E-state index in [1.54, 1.807) is 29.2 Å². The van der Waals surface area contributed by atoms with Crippen molar-refractivity contribution in [1.82, 2.24) is 15.1 Å². The van der Waals surface area contributed by atoms with Gasteiger partial charge in [-0.05, 0) is 67.8 Å². The molecule has 7 nitrogen and oxygen atoms in total. The Morgan fingerprint density at radius 2 is 1.70 bits per heavy atom. The molecule has 33 heavy (non-hydrogen) atoms. The van der Waals surface area contributed by atoms with E-state index in [4.69, 9.17) is 11.0 Å². The number of nitrogens with zero attached hydrogens (tertiary/aromatic N) is 3. The Morgan fingerprint density at radius 3 is 2.21 bits per heavy atom. The van der Waals surface area contributed by atoms with Crippen LogP contribution >= 0.6 is 0 Å². The number of hydrogen-bond donors (Lipinski definition) is 2. The van der Waals surface area contributed by atoms with Crippen molar-refractivity contribution in [2.24, 2.45) is 5.73 Å². The van der Waals surface area contributed by atoms with Gasteiger partial charge in [0.1, 0.15) is 11.9 Å². The predicted molar refractivity (Wildman–Crippen MR) is 124 cm³/mol. The molecule has 2 fully saturated rings. The van der Waals surface area contributed by atoms with Crippen LogP contribution in [-0.2, 0) is 4.79 Å². The molecule has 2 aliphatic rings. The highest BCUT2D eigenvalue weighted by Gasteiger charge is 2.27. The summed E-state index contributed by atoms with van der Waals surface area (Å²) in [6.45, 7) is 2.95. The fraction of sp³-hybridized carbons (Fsp3) is 0.400. The van der Waals surface area contributed by atoms with Gasteiger partial charge in [0.2, 0.25) is 5.91 Å². The first-order valence-electron chi connectivity index (χ1n) is 11.1. The third-order valence-electron chi connectivity index (χ3n) is 5.85. The van der Waals surface area contributed by atoms with Crippen molar-refractivity contribution in [3.8, 4) is 6.07 Å². The van der Waals surface area contributed by atoms with Crippen LogP contribution in [0.3, 0.4) is 0 Å². The molecular formula is C25H30FN5O2. The molecule has 3 N–H and O–H groups in total. The van der Waals surface area contributed by atoms with E-state index in [9.17, 15) is 14.0 Å². The van der Waals surface area contributed by atoms with Crippen molar-refractivity contribution in [1.29, 1.82) is 5.26 Å². The highest BCUT2D eigenvalue weighted by atomic mass is 19.1. The van der Waals surface area contributed by atoms with Gasteiger partial charge in [-0.3, -0.25) is 9.59 Å². The summed E-state index contributed by atoms with van der Waals surface area (Å²) in [5.41, 5.74) is 7.83. The molecule has 2 amide bonds. The SMILES string of the molecule is CN1CCN(C(=O)C(CN)NC(=O)c2ccc(C#N)cc2)CC1.Fc1ccc(C2CC2)cc1. The monoisotopic (exact) mass is 451 g/mol. The first-order chi connectivity index (χ1) is 15.9. The maximum Gasteiger partial charge on any atom is 0.251 e. The normalized spacial score (nSPS) is 16.7. The Morgan fingerprint density at radius 1 is 1.09 bits per heavy atom. The van der Waals surface area contributed by atoms with Crippen molar-refractivity contribution in [3.63, 3.8) is 0 Å². The first kappa shape index (κ1) is 24.4. The fourth-order valence-corrected chi connectivity index (χ4v) is 3.56. The highest BCUT2D eigenvalue weighted by molar-refractivity contribution is 5.97. The Bertz CT molecular complexity index is 975. The number of hydrogen-bond acceptors (Lipinski definition) is 5. The molecule has 1 heterocycles. The molecule has 1 saturated heterocycles. The summed E-state index contributed by atoms with van der Waals surface area (Å²) in [5.74, 6) is 0.0833. The zero-order valence-electron chi connectivity index (χ0n) is 18.8. The second-order valence-corrected chi connectivity index (χ2v) is 8.41. The van der Waals surface area contributed by atoms with Crippen LogP contribution in [0.5, 0.6) is 0 Å². The standard InChI is InChI=1S/C16H21N5O2.C9H9F/c1-20-6-8-21(9-7-20)16(23)14(11-18)19-15(22)13-4-2-12(10-17)3-5-13;10-9-5-3-8(4-6-9)7-1-2-7/h2-5,14H,6-9,11,18H2,1H3,(H,19,22);3-7H,1-2H2. The van der Waals surface area contributed by atoms with Crippen LogP contribution in [-0.4, -0.2) is 67.4 Å². The molecule has 174 valence electrons. The molecule has 1 saturated carbocycles. The van der Waals surface area contributed by atoms with E-state index in [0.29, 0.717) is 24.2 Å². The Kier molecular flexibility index (Phi) is 8.52. The summed E-state index contributed by atoms with van der Waals surface area (Å²) < 4.78 is 12.4. The van der Waals surface area contributed by atoms with Gasteiger partial charge in [-0.2, -0.15) is 5.26 Å². The van der Waals surface area contributed by atoms with Gasteiger partial charge in [0.25, 0.3) is 5.91 Å². The van der Waals surface area contributed by atoms with Gasteiger partial charge in [-0.1, -0.05) is 12.1 Å². The smallest absolute Gasteiger partial charge is 0.251 e. The predicted octanol–water partition coefficient (Wildman–Crippen LogP) is 2.09. The highest BCUT2D eigenvalue weighted by Crippen LogP contribution is 2.39. The van der Waals surface area contributed by atoms with Gasteiger partial charge in [-0.15, -0.1) is 0 Å². The molecule has 8 heteroatoms. The van der Waals surface area contributed by atoms with Crippen molar-refractivity contribution < 1.29 is 14.0 Å². The summed E-state index contributed by atoms with van der Waals surface area (Å²) in [4.78, 5) is 28.6. The minimum atomic E-state index is -0.735. The minimum absolute atomic E-state index is 0.0488. The number of carbonyl (C=O) groups excluding carboxylic acids is 2. The second kappa shape index (κ2) is 11.5. The van der Waals surface area contributed by atoms with Gasteiger partial charge in [-0.25, -0.2) is 4.39 Å². The Hall–Kier alpha value is -3.28. The number of nitriles is 1. The number of rotatable bonds is 5. The number of piperazine rings is 1. The van der Waals surface area contributed by atoms with Gasteiger partial charge in [0.05, 0.1) is 11.6 Å². The lowest BCUT2D eigenvalue weighted by molar-refractivity contribution is -0.134. The summed E-state index contributed by atoms with van der Waals surface area (Å²) in [5, 5.41) is 11.4. The number of nitrogens with two attached hydrogens (primary N) is 1. The van der Waals surface area contributed by atoms with E-state index in [1.807, 2.05) is 25.2 Å². The average molecular weight is 452 g/mol. The van der Waals surface area contributed by atoms with E-state index in [1.165, 1.54) is 30.5 Å². The zero-order chi connectivity index (χ0) is 23.8. The fourth-order valence-electron chi connectivity index (χ4n) is 3.56. The quantitative estimate of drug-likeness (QED) is 0.725. The zero-order valence-corrected chi connectivity index (χ0v) is 18.8. The number of nitrogens with one attached hydrogen (secondary N) is 1. The molecule has 0 bridgehead atoms. The van der Waals surface area contributed by atoms with Gasteiger partial charge in [0.15, 0.2) is 0 Å². The maximum atomic E-state index is 12.5. The minimum Gasteiger partial charge on any atom is -0.339 e. The molecule has 0 spiro atoms. The van der Waals surface area contributed by atoms with Crippen molar-refractivity contribution in [3.05, 3.63) is 71.0 Å². The van der Waals surface area contributed by atoms with Crippen LogP contribution in [0, 0.1) is 17.1 Å². The lowest BCUT2D eigenvalue weighted by Gasteiger charge is -2.34. The van der Waals surface area contributed by atoms with Crippen LogP contribution in [0.1, 0.15) is 40.2 Å². The summed E-state index contributed by atoms with van der Waals surface area (Å²) in [6.07, 6.45) is 2.57. The molecule has 4 rings (SSSR count). The van der Waals surface area contributed by atoms with Crippen LogP contribution in [0.2, 0.25) is 0 Å². The second-order valence-electron chi connectivity index (χ2n) is 8.41. The van der Waals surface area contributed by atoms with Gasteiger partial charge < -0.3 is 20.9 Å². The molecule has 2 aromatic rings. The first-order valence-corrected chi connectivity index (χ1v) is 11.1. The van der Waals surface area contributed by atoms with E-state index >= 15 is 0 Å². The molecule has 0 aromatic heterocycles. The molecule has 0 radical (unpaired) electrons. The van der Waals surface area contributed by atoms with Crippen LogP contribution in [0.4, 0.5) is 4.39 Å². The van der Waals surface area contributed by atoms with Crippen molar-refractivity contribution >= 4 is 11.8 Å². The molecule has 1 atom stereocenters. The molecular weight excluding hydrogens is 421 g/mol. The largest absolute Gasteiger partial charge is 0.339 e. The van der Waals surface area contributed by atoms with Crippen molar-refractivity contribution in [2.75, 3.05) is 39.8 Å². The number of carbonyl (C=O) groups is 2. The lowest BCUT2D eigenvalue weighted by atomic mass is 10.1. The maximum absolute atomic E-state index is 12.5. The van der Waals surface area contributed by atoms with Crippen LogP contribution in [0.15, 0.2) is 48.5 Å². The van der Waals surface area contributed by atoms with Crippen LogP contribution < -0.4 is 11.1 Å². The number of amides is 2. The third kappa shape index (κ3) is 7.11. The average Bonchev–Trinajstić information content (AvgIpc) is 3.69. The lowest BCUT2D eigenvalue weighted by Crippen LogP contribution is -2.56. The van der Waals surface area contributed by atoms with Crippen molar-refractivity contribution in [2.45, 2.75) is 24.8 Å². The summed E-state index contributed by atoms with van der Waals surface area (Å²) >= 11 is 0. The van der Waals surface area contributed by atoms with Crippen LogP contribution in [0.25, 0.3) is 0 Å². The van der Waals surface area contributed by atoms with E-state index < -0.39 is 6.04 Å². The Labute approximate surface area is 194 Å².